The zero-order valence-corrected chi connectivity index (χ0v) is 16.1. The molecule has 1 heterocycles. The quantitative estimate of drug-likeness (QED) is 0.778. The molecule has 140 valence electrons. The minimum Gasteiger partial charge on any atom is -0.360 e. The molecule has 0 saturated heterocycles. The molecule has 1 aromatic heterocycles. The Kier molecular flexibility index (Phi) is 6.25. The van der Waals surface area contributed by atoms with E-state index in [9.17, 15) is 9.59 Å². The molecule has 0 aliphatic heterocycles. The molecule has 25 heavy (non-hydrogen) atoms. The van der Waals surface area contributed by atoms with Gasteiger partial charge in [-0.1, -0.05) is 32.9 Å². The van der Waals surface area contributed by atoms with Gasteiger partial charge in [-0.2, -0.15) is 0 Å². The molecule has 1 aliphatic rings. The van der Waals surface area contributed by atoms with E-state index in [1.165, 1.54) is 0 Å². The van der Waals surface area contributed by atoms with Crippen molar-refractivity contribution in [1.29, 1.82) is 0 Å². The van der Waals surface area contributed by atoms with Crippen LogP contribution in [0.4, 0.5) is 5.82 Å². The maximum atomic E-state index is 12.7. The summed E-state index contributed by atoms with van der Waals surface area (Å²) in [5.74, 6) is 1.71. The molecular formula is C19H31N3O3. The molecule has 1 N–H and O–H groups in total. The van der Waals surface area contributed by atoms with Gasteiger partial charge in [0.2, 0.25) is 11.8 Å². The third kappa shape index (κ3) is 7.28. The molecule has 6 nitrogen and oxygen atoms in total. The number of carbonyl (C=O) groups is 2. The summed E-state index contributed by atoms with van der Waals surface area (Å²) in [5, 5.41) is 6.46. The highest BCUT2D eigenvalue weighted by molar-refractivity contribution is 5.93. The number of carbonyl (C=O) groups excluding carboxylic acids is 2. The van der Waals surface area contributed by atoms with Crippen LogP contribution < -0.4 is 5.32 Å². The van der Waals surface area contributed by atoms with Crippen LogP contribution in [-0.2, 0) is 9.59 Å². The van der Waals surface area contributed by atoms with E-state index < -0.39 is 0 Å². The number of amides is 2. The van der Waals surface area contributed by atoms with E-state index in [0.717, 1.165) is 19.3 Å². The van der Waals surface area contributed by atoms with E-state index in [1.807, 2.05) is 0 Å². The number of aryl methyl sites for hydroxylation is 1. The molecule has 0 radical (unpaired) electrons. The third-order valence-corrected chi connectivity index (χ3v) is 4.24. The Bertz CT molecular complexity index is 599. The summed E-state index contributed by atoms with van der Waals surface area (Å²) >= 11 is 0. The fraction of sp³-hybridized carbons (Fsp3) is 0.737. The second-order valence-electron chi connectivity index (χ2n) is 8.66. The van der Waals surface area contributed by atoms with Crippen molar-refractivity contribution in [2.45, 2.75) is 60.3 Å². The number of nitrogens with zero attached hydrogens (tertiary/aromatic N) is 2. The molecule has 1 aliphatic carbocycles. The molecule has 0 aromatic carbocycles. The summed E-state index contributed by atoms with van der Waals surface area (Å²) in [6.07, 6.45) is 3.76. The first kappa shape index (κ1) is 19.5. The average molecular weight is 349 g/mol. The molecule has 2 rings (SSSR count). The monoisotopic (exact) mass is 349 g/mol. The second kappa shape index (κ2) is 8.02. The van der Waals surface area contributed by atoms with Crippen molar-refractivity contribution in [3.63, 3.8) is 0 Å². The summed E-state index contributed by atoms with van der Waals surface area (Å²) < 4.78 is 4.95. The highest BCUT2D eigenvalue weighted by Gasteiger charge is 2.29. The minimum absolute atomic E-state index is 0.0649. The van der Waals surface area contributed by atoms with Gasteiger partial charge >= 0.3 is 0 Å². The first-order chi connectivity index (χ1) is 11.6. The van der Waals surface area contributed by atoms with Crippen LogP contribution in [-0.4, -0.2) is 35.0 Å². The summed E-state index contributed by atoms with van der Waals surface area (Å²) in [6, 6.07) is 1.66. The largest absolute Gasteiger partial charge is 0.360 e. The van der Waals surface area contributed by atoms with Gasteiger partial charge in [0, 0.05) is 19.0 Å². The molecule has 0 bridgehead atoms. The highest BCUT2D eigenvalue weighted by Crippen LogP contribution is 2.31. The molecule has 2 amide bonds. The number of nitrogens with one attached hydrogen (secondary N) is 1. The van der Waals surface area contributed by atoms with Gasteiger partial charge < -0.3 is 14.7 Å². The van der Waals surface area contributed by atoms with Gasteiger partial charge in [0.05, 0.1) is 6.54 Å². The number of aromatic nitrogens is 1. The highest BCUT2D eigenvalue weighted by atomic mass is 16.5. The topological polar surface area (TPSA) is 75.4 Å². The van der Waals surface area contributed by atoms with Crippen LogP contribution in [0.1, 0.15) is 59.1 Å². The van der Waals surface area contributed by atoms with Crippen molar-refractivity contribution >= 4 is 17.6 Å². The van der Waals surface area contributed by atoms with E-state index in [4.69, 9.17) is 4.52 Å². The van der Waals surface area contributed by atoms with Gasteiger partial charge in [-0.25, -0.2) is 0 Å². The number of rotatable bonds is 8. The van der Waals surface area contributed by atoms with E-state index >= 15 is 0 Å². The van der Waals surface area contributed by atoms with Gasteiger partial charge in [0.25, 0.3) is 0 Å². The van der Waals surface area contributed by atoms with Crippen molar-refractivity contribution in [3.05, 3.63) is 11.8 Å². The normalized spacial score (nSPS) is 15.7. The van der Waals surface area contributed by atoms with Crippen LogP contribution in [0.2, 0.25) is 0 Å². The SMILES string of the molecule is Cc1cc(NC(=O)CN(CC2CC2)C(=O)C[C@H](C)CC(C)(C)C)no1. The fourth-order valence-electron chi connectivity index (χ4n) is 3.19. The summed E-state index contributed by atoms with van der Waals surface area (Å²) in [7, 11) is 0. The van der Waals surface area contributed by atoms with Gasteiger partial charge in [-0.15, -0.1) is 0 Å². The van der Waals surface area contributed by atoms with Crippen LogP contribution in [0.25, 0.3) is 0 Å². The molecule has 1 fully saturated rings. The first-order valence-corrected chi connectivity index (χ1v) is 9.13. The number of anilines is 1. The molecule has 0 unspecified atom stereocenters. The molecule has 1 saturated carbocycles. The molecule has 6 heteroatoms. The Morgan fingerprint density at radius 3 is 2.60 bits per heavy atom. The molecule has 1 atom stereocenters. The van der Waals surface area contributed by atoms with Gasteiger partial charge in [0.15, 0.2) is 5.82 Å². The Hall–Kier alpha value is -1.85. The van der Waals surface area contributed by atoms with Crippen molar-refractivity contribution in [3.8, 4) is 0 Å². The Labute approximate surface area is 150 Å². The lowest BCUT2D eigenvalue weighted by atomic mass is 9.84. The van der Waals surface area contributed by atoms with E-state index in [0.29, 0.717) is 36.4 Å². The number of hydrogen-bond donors (Lipinski definition) is 1. The van der Waals surface area contributed by atoms with Crippen LogP contribution in [0, 0.1) is 24.2 Å². The maximum absolute atomic E-state index is 12.7. The van der Waals surface area contributed by atoms with E-state index in [1.54, 1.807) is 17.9 Å². The van der Waals surface area contributed by atoms with Gasteiger partial charge in [0.1, 0.15) is 5.76 Å². The summed E-state index contributed by atoms with van der Waals surface area (Å²) in [5.41, 5.74) is 0.198. The van der Waals surface area contributed by atoms with Gasteiger partial charge in [-0.05, 0) is 43.4 Å². The molecular weight excluding hydrogens is 318 g/mol. The molecule has 1 aromatic rings. The van der Waals surface area contributed by atoms with Crippen LogP contribution >= 0.6 is 0 Å². The predicted octanol–water partition coefficient (Wildman–Crippen LogP) is 3.62. The fourth-order valence-corrected chi connectivity index (χ4v) is 3.19. The minimum atomic E-state index is -0.231. The Morgan fingerprint density at radius 2 is 2.08 bits per heavy atom. The third-order valence-electron chi connectivity index (χ3n) is 4.24. The van der Waals surface area contributed by atoms with Crippen molar-refractivity contribution < 1.29 is 14.1 Å². The lowest BCUT2D eigenvalue weighted by molar-refractivity contribution is -0.135. The van der Waals surface area contributed by atoms with Gasteiger partial charge in [-0.3, -0.25) is 9.59 Å². The summed E-state index contributed by atoms with van der Waals surface area (Å²) in [6.45, 7) is 11.2. The van der Waals surface area contributed by atoms with Crippen LogP contribution in [0.3, 0.4) is 0 Å². The van der Waals surface area contributed by atoms with E-state index in [-0.39, 0.29) is 23.8 Å². The smallest absolute Gasteiger partial charge is 0.245 e. The Balaban J connectivity index is 1.90. The predicted molar refractivity (Wildman–Crippen MR) is 97.0 cm³/mol. The van der Waals surface area contributed by atoms with Crippen LogP contribution in [0.5, 0.6) is 0 Å². The summed E-state index contributed by atoms with van der Waals surface area (Å²) in [4.78, 5) is 26.7. The van der Waals surface area contributed by atoms with Crippen LogP contribution in [0.15, 0.2) is 10.6 Å². The lowest BCUT2D eigenvalue weighted by Gasteiger charge is -2.26. The standard InChI is InChI=1S/C19H31N3O3/c1-13(10-19(3,4)5)8-18(24)22(11-15-6-7-15)12-17(23)20-16-9-14(2)25-21-16/h9,13,15H,6-8,10-12H2,1-5H3,(H,20,21,23)/t13-/m0/s1. The maximum Gasteiger partial charge on any atom is 0.245 e. The van der Waals surface area contributed by atoms with Crippen molar-refractivity contribution in [2.24, 2.45) is 17.3 Å². The van der Waals surface area contributed by atoms with Crippen molar-refractivity contribution in [1.82, 2.24) is 10.1 Å². The first-order valence-electron chi connectivity index (χ1n) is 9.13. The Morgan fingerprint density at radius 1 is 1.40 bits per heavy atom. The molecule has 0 spiro atoms. The van der Waals surface area contributed by atoms with Crippen molar-refractivity contribution in [2.75, 3.05) is 18.4 Å². The average Bonchev–Trinajstić information content (AvgIpc) is 3.17. The second-order valence-corrected chi connectivity index (χ2v) is 8.66. The lowest BCUT2D eigenvalue weighted by Crippen LogP contribution is -2.40. The zero-order valence-electron chi connectivity index (χ0n) is 16.1. The number of hydrogen-bond acceptors (Lipinski definition) is 4. The zero-order chi connectivity index (χ0) is 18.6. The van der Waals surface area contributed by atoms with E-state index in [2.05, 4.69) is 38.2 Å².